The normalized spacial score (nSPS) is 33.4. The second kappa shape index (κ2) is 6.26. The second-order valence-electron chi connectivity index (χ2n) is 8.22. The van der Waals surface area contributed by atoms with E-state index in [9.17, 15) is 9.59 Å². The number of aryl methyl sites for hydroxylation is 1. The fraction of sp³-hybridized carbons (Fsp3) is 0.684. The van der Waals surface area contributed by atoms with Gasteiger partial charge in [-0.1, -0.05) is 0 Å². The lowest BCUT2D eigenvalue weighted by atomic mass is 9.53. The Balaban J connectivity index is 1.23. The van der Waals surface area contributed by atoms with Crippen LogP contribution in [0.2, 0.25) is 0 Å². The van der Waals surface area contributed by atoms with Gasteiger partial charge in [0.25, 0.3) is 0 Å². The molecular formula is C19H27N3O2. The minimum absolute atomic E-state index is 0.0230. The average Bonchev–Trinajstić information content (AvgIpc) is 3.02. The summed E-state index contributed by atoms with van der Waals surface area (Å²) in [5.74, 6) is 2.35. The van der Waals surface area contributed by atoms with Gasteiger partial charge in [0.1, 0.15) is 0 Å². The molecule has 0 aromatic carbocycles. The first-order valence-corrected chi connectivity index (χ1v) is 9.30. The Bertz CT molecular complexity index is 573. The number of hydrogen-bond donors (Lipinski definition) is 3. The Hall–Kier alpha value is -1.78. The van der Waals surface area contributed by atoms with Crippen LogP contribution in [0.4, 0.5) is 0 Å². The first-order chi connectivity index (χ1) is 11.6. The van der Waals surface area contributed by atoms with Crippen LogP contribution in [0.5, 0.6) is 0 Å². The summed E-state index contributed by atoms with van der Waals surface area (Å²) in [5.41, 5.74) is 1.07. The summed E-state index contributed by atoms with van der Waals surface area (Å²) in [7, 11) is 0. The van der Waals surface area contributed by atoms with E-state index >= 15 is 0 Å². The van der Waals surface area contributed by atoms with E-state index in [1.807, 2.05) is 18.3 Å². The molecular weight excluding hydrogens is 302 g/mol. The lowest BCUT2D eigenvalue weighted by molar-refractivity contribution is -0.129. The van der Waals surface area contributed by atoms with Gasteiger partial charge < -0.3 is 15.6 Å². The fourth-order valence-electron chi connectivity index (χ4n) is 5.64. The third-order valence-corrected chi connectivity index (χ3v) is 6.17. The topological polar surface area (TPSA) is 74.0 Å². The molecule has 5 heteroatoms. The molecule has 5 nitrogen and oxygen atoms in total. The highest BCUT2D eigenvalue weighted by Gasteiger charge is 2.51. The van der Waals surface area contributed by atoms with E-state index in [2.05, 4.69) is 15.6 Å². The summed E-state index contributed by atoms with van der Waals surface area (Å²) >= 11 is 0. The van der Waals surface area contributed by atoms with Crippen LogP contribution in [-0.4, -0.2) is 28.9 Å². The molecule has 4 aliphatic rings. The number of hydrogen-bond acceptors (Lipinski definition) is 2. The van der Waals surface area contributed by atoms with Crippen molar-refractivity contribution in [3.05, 3.63) is 24.0 Å². The van der Waals surface area contributed by atoms with Crippen molar-refractivity contribution in [2.75, 3.05) is 6.54 Å². The summed E-state index contributed by atoms with van der Waals surface area (Å²) in [4.78, 5) is 27.3. The predicted octanol–water partition coefficient (Wildman–Crippen LogP) is 2.15. The van der Waals surface area contributed by atoms with Gasteiger partial charge in [0.05, 0.1) is 6.54 Å². The summed E-state index contributed by atoms with van der Waals surface area (Å²) < 4.78 is 0. The first kappa shape index (κ1) is 15.7. The van der Waals surface area contributed by atoms with Gasteiger partial charge in [-0.2, -0.15) is 0 Å². The molecule has 1 heterocycles. The van der Waals surface area contributed by atoms with E-state index in [1.54, 1.807) is 0 Å². The number of H-pyrrole nitrogens is 1. The minimum Gasteiger partial charge on any atom is -0.365 e. The second-order valence-corrected chi connectivity index (χ2v) is 8.22. The fourth-order valence-corrected chi connectivity index (χ4v) is 5.64. The summed E-state index contributed by atoms with van der Waals surface area (Å²) in [6.45, 7) is 0.102. The van der Waals surface area contributed by atoms with Crippen molar-refractivity contribution in [3.63, 3.8) is 0 Å². The third-order valence-electron chi connectivity index (χ3n) is 6.17. The molecule has 4 saturated carbocycles. The van der Waals surface area contributed by atoms with E-state index in [-0.39, 0.29) is 23.9 Å². The van der Waals surface area contributed by atoms with E-state index < -0.39 is 0 Å². The molecule has 0 saturated heterocycles. The minimum atomic E-state index is -0.0646. The van der Waals surface area contributed by atoms with Crippen molar-refractivity contribution in [2.24, 2.45) is 17.8 Å². The van der Waals surface area contributed by atoms with E-state index in [0.717, 1.165) is 42.7 Å². The predicted molar refractivity (Wildman–Crippen MR) is 91.2 cm³/mol. The van der Waals surface area contributed by atoms with E-state index in [1.165, 1.54) is 19.3 Å². The van der Waals surface area contributed by atoms with Crippen LogP contribution >= 0.6 is 0 Å². The van der Waals surface area contributed by atoms with Crippen molar-refractivity contribution in [3.8, 4) is 0 Å². The lowest BCUT2D eigenvalue weighted by Crippen LogP contribution is -2.61. The number of nitrogens with one attached hydrogen (secondary N) is 3. The van der Waals surface area contributed by atoms with Crippen LogP contribution in [0, 0.1) is 17.8 Å². The van der Waals surface area contributed by atoms with Gasteiger partial charge in [-0.25, -0.2) is 0 Å². The molecule has 0 unspecified atom stereocenters. The molecule has 0 aliphatic heterocycles. The SMILES string of the molecule is O=C(CCc1ccc[nH]1)NCC(=O)NC12CC3CC(CC(C3)C1)C2. The molecule has 1 aromatic heterocycles. The van der Waals surface area contributed by atoms with Crippen LogP contribution in [-0.2, 0) is 16.0 Å². The van der Waals surface area contributed by atoms with Crippen molar-refractivity contribution >= 4 is 11.8 Å². The quantitative estimate of drug-likeness (QED) is 0.748. The Morgan fingerprint density at radius 2 is 1.75 bits per heavy atom. The monoisotopic (exact) mass is 329 g/mol. The number of rotatable bonds is 6. The maximum atomic E-state index is 12.3. The number of aromatic nitrogens is 1. The van der Waals surface area contributed by atoms with Crippen LogP contribution in [0.1, 0.15) is 50.6 Å². The molecule has 130 valence electrons. The summed E-state index contributed by atoms with van der Waals surface area (Å²) in [6, 6.07) is 3.89. The molecule has 4 aliphatic carbocycles. The molecule has 1 aromatic rings. The molecule has 2 amide bonds. The average molecular weight is 329 g/mol. The molecule has 0 radical (unpaired) electrons. The summed E-state index contributed by atoms with van der Waals surface area (Å²) in [6.07, 6.45) is 10.5. The molecule has 24 heavy (non-hydrogen) atoms. The molecule has 4 bridgehead atoms. The van der Waals surface area contributed by atoms with Gasteiger partial charge in [0.15, 0.2) is 0 Å². The largest absolute Gasteiger partial charge is 0.365 e. The third kappa shape index (κ3) is 3.35. The van der Waals surface area contributed by atoms with Crippen LogP contribution in [0.3, 0.4) is 0 Å². The zero-order chi connectivity index (χ0) is 16.6. The van der Waals surface area contributed by atoms with Crippen LogP contribution in [0.25, 0.3) is 0 Å². The zero-order valence-corrected chi connectivity index (χ0v) is 14.1. The Morgan fingerprint density at radius 1 is 1.08 bits per heavy atom. The van der Waals surface area contributed by atoms with Gasteiger partial charge in [-0.15, -0.1) is 0 Å². The van der Waals surface area contributed by atoms with Crippen molar-refractivity contribution < 1.29 is 9.59 Å². The molecule has 0 atom stereocenters. The standard InChI is InChI=1S/C19H27N3O2/c23-17(4-3-16-2-1-5-20-16)21-12-18(24)22-19-9-13-6-14(10-19)8-15(7-13)11-19/h1-2,5,13-15,20H,3-4,6-12H2,(H,21,23)(H,22,24). The van der Waals surface area contributed by atoms with E-state index in [4.69, 9.17) is 0 Å². The Kier molecular flexibility index (Phi) is 4.10. The van der Waals surface area contributed by atoms with Gasteiger partial charge >= 0.3 is 0 Å². The Labute approximate surface area is 143 Å². The molecule has 3 N–H and O–H groups in total. The number of amides is 2. The smallest absolute Gasteiger partial charge is 0.239 e. The van der Waals surface area contributed by atoms with Gasteiger partial charge in [-0.3, -0.25) is 9.59 Å². The summed E-state index contributed by atoms with van der Waals surface area (Å²) in [5, 5.41) is 6.05. The van der Waals surface area contributed by atoms with Gasteiger partial charge in [-0.05, 0) is 74.8 Å². The number of carbonyl (C=O) groups excluding carboxylic acids is 2. The van der Waals surface area contributed by atoms with E-state index in [0.29, 0.717) is 12.8 Å². The maximum Gasteiger partial charge on any atom is 0.239 e. The lowest BCUT2D eigenvalue weighted by Gasteiger charge is -2.56. The molecule has 5 rings (SSSR count). The Morgan fingerprint density at radius 3 is 2.33 bits per heavy atom. The molecule has 4 fully saturated rings. The zero-order valence-electron chi connectivity index (χ0n) is 14.1. The van der Waals surface area contributed by atoms with Crippen molar-refractivity contribution in [1.82, 2.24) is 15.6 Å². The highest BCUT2D eigenvalue weighted by molar-refractivity contribution is 5.85. The van der Waals surface area contributed by atoms with Gasteiger partial charge in [0.2, 0.25) is 11.8 Å². The highest BCUT2D eigenvalue weighted by Crippen LogP contribution is 2.55. The number of aromatic amines is 1. The number of carbonyl (C=O) groups is 2. The van der Waals surface area contributed by atoms with Crippen molar-refractivity contribution in [2.45, 2.75) is 56.9 Å². The maximum absolute atomic E-state index is 12.3. The first-order valence-electron chi connectivity index (χ1n) is 9.30. The highest BCUT2D eigenvalue weighted by atomic mass is 16.2. The van der Waals surface area contributed by atoms with Crippen LogP contribution in [0.15, 0.2) is 18.3 Å². The van der Waals surface area contributed by atoms with Crippen molar-refractivity contribution in [1.29, 1.82) is 0 Å². The van der Waals surface area contributed by atoms with Gasteiger partial charge in [0, 0.05) is 23.9 Å². The van der Waals surface area contributed by atoms with Crippen LogP contribution < -0.4 is 10.6 Å². The molecule has 0 spiro atoms.